The van der Waals surface area contributed by atoms with Crippen LogP contribution in [0.2, 0.25) is 0 Å². The molecule has 0 radical (unpaired) electrons. The fourth-order valence-corrected chi connectivity index (χ4v) is 1.84. The summed E-state index contributed by atoms with van der Waals surface area (Å²) >= 11 is 0. The second kappa shape index (κ2) is 5.29. The number of rotatable bonds is 5. The predicted molar refractivity (Wildman–Crippen MR) is 68.4 cm³/mol. The van der Waals surface area contributed by atoms with Crippen LogP contribution in [-0.2, 0) is 9.53 Å². The van der Waals surface area contributed by atoms with Crippen LogP contribution in [0.3, 0.4) is 0 Å². The Labute approximate surface area is 111 Å². The van der Waals surface area contributed by atoms with Gasteiger partial charge in [0.15, 0.2) is 5.69 Å². The number of hydrogen-bond acceptors (Lipinski definition) is 5. The van der Waals surface area contributed by atoms with E-state index in [-0.39, 0.29) is 24.2 Å². The molecule has 1 aliphatic rings. The molecule has 1 heterocycles. The molecule has 0 unspecified atom stereocenters. The van der Waals surface area contributed by atoms with Gasteiger partial charge >= 0.3 is 5.97 Å². The van der Waals surface area contributed by atoms with Crippen molar-refractivity contribution < 1.29 is 14.3 Å². The van der Waals surface area contributed by atoms with Gasteiger partial charge in [-0.05, 0) is 26.7 Å². The summed E-state index contributed by atoms with van der Waals surface area (Å²) in [7, 11) is 0. The molecule has 0 aromatic carbocycles. The van der Waals surface area contributed by atoms with E-state index < -0.39 is 5.97 Å². The van der Waals surface area contributed by atoms with Crippen LogP contribution in [0.4, 0.5) is 5.69 Å². The Kier molecular flexibility index (Phi) is 3.73. The number of aromatic nitrogens is 2. The molecule has 1 aromatic heterocycles. The van der Waals surface area contributed by atoms with Gasteiger partial charge in [0.05, 0.1) is 18.0 Å². The number of nitrogens with one attached hydrogen (secondary N) is 1. The third-order valence-electron chi connectivity index (χ3n) is 3.05. The number of esters is 1. The van der Waals surface area contributed by atoms with Crippen LogP contribution in [-0.4, -0.2) is 46.2 Å². The summed E-state index contributed by atoms with van der Waals surface area (Å²) in [5, 5.41) is 6.58. The molecule has 1 amide bonds. The van der Waals surface area contributed by atoms with Gasteiger partial charge in [-0.3, -0.25) is 14.7 Å². The zero-order valence-corrected chi connectivity index (χ0v) is 11.1. The fraction of sp³-hybridized carbons (Fsp3) is 0.583. The van der Waals surface area contributed by atoms with E-state index in [1.807, 2.05) is 0 Å². The highest BCUT2D eigenvalue weighted by molar-refractivity contribution is 5.99. The summed E-state index contributed by atoms with van der Waals surface area (Å²) in [6.07, 6.45) is 1.79. The molecule has 0 spiro atoms. The average molecular weight is 266 g/mol. The topological polar surface area (TPSA) is 101 Å². The summed E-state index contributed by atoms with van der Waals surface area (Å²) in [6, 6.07) is 0.0910. The van der Waals surface area contributed by atoms with E-state index in [1.165, 1.54) is 4.90 Å². The van der Waals surface area contributed by atoms with Gasteiger partial charge in [-0.25, -0.2) is 0 Å². The summed E-state index contributed by atoms with van der Waals surface area (Å²) in [4.78, 5) is 25.4. The first-order valence-electron chi connectivity index (χ1n) is 6.31. The highest BCUT2D eigenvalue weighted by Crippen LogP contribution is 2.29. The maximum Gasteiger partial charge on any atom is 0.325 e. The zero-order valence-electron chi connectivity index (χ0n) is 11.1. The third-order valence-corrected chi connectivity index (χ3v) is 3.05. The van der Waals surface area contributed by atoms with E-state index in [0.29, 0.717) is 18.0 Å². The second-order valence-corrected chi connectivity index (χ2v) is 4.58. The Balaban J connectivity index is 2.13. The molecule has 104 valence electrons. The number of nitrogens with zero attached hydrogens (tertiary/aromatic N) is 2. The molecule has 2 rings (SSSR count). The first-order valence-corrected chi connectivity index (χ1v) is 6.31. The third kappa shape index (κ3) is 2.86. The summed E-state index contributed by atoms with van der Waals surface area (Å²) in [6.45, 7) is 3.72. The van der Waals surface area contributed by atoms with Crippen LogP contribution in [0.5, 0.6) is 0 Å². The number of nitrogens with two attached hydrogens (primary N) is 1. The van der Waals surface area contributed by atoms with Crippen LogP contribution in [0, 0.1) is 6.92 Å². The molecule has 0 bridgehead atoms. The molecule has 1 saturated carbocycles. The Morgan fingerprint density at radius 2 is 2.21 bits per heavy atom. The molecule has 7 heteroatoms. The lowest BCUT2D eigenvalue weighted by Gasteiger charge is -2.20. The number of aromatic amines is 1. The van der Waals surface area contributed by atoms with Crippen molar-refractivity contribution in [1.82, 2.24) is 15.1 Å². The van der Waals surface area contributed by atoms with E-state index in [1.54, 1.807) is 13.8 Å². The van der Waals surface area contributed by atoms with Crippen molar-refractivity contribution in [1.29, 1.82) is 0 Å². The molecule has 19 heavy (non-hydrogen) atoms. The number of amides is 1. The van der Waals surface area contributed by atoms with E-state index in [9.17, 15) is 9.59 Å². The molecular weight excluding hydrogens is 248 g/mol. The minimum absolute atomic E-state index is 0.0529. The molecule has 0 saturated heterocycles. The summed E-state index contributed by atoms with van der Waals surface area (Å²) in [5.41, 5.74) is 6.95. The summed E-state index contributed by atoms with van der Waals surface area (Å²) in [5.74, 6) is -0.731. The van der Waals surface area contributed by atoms with Crippen LogP contribution in [0.25, 0.3) is 0 Å². The van der Waals surface area contributed by atoms with Crippen LogP contribution >= 0.6 is 0 Å². The number of ether oxygens (including phenoxy) is 1. The number of hydrogen-bond donors (Lipinski definition) is 2. The van der Waals surface area contributed by atoms with Crippen molar-refractivity contribution in [3.63, 3.8) is 0 Å². The number of aryl methyl sites for hydroxylation is 1. The van der Waals surface area contributed by atoms with E-state index in [2.05, 4.69) is 10.2 Å². The fourth-order valence-electron chi connectivity index (χ4n) is 1.84. The minimum atomic E-state index is -0.409. The van der Waals surface area contributed by atoms with Crippen molar-refractivity contribution >= 4 is 17.6 Å². The van der Waals surface area contributed by atoms with Crippen LogP contribution < -0.4 is 5.73 Å². The predicted octanol–water partition coefficient (Wildman–Crippen LogP) is 0.468. The van der Waals surface area contributed by atoms with Gasteiger partial charge in [-0.15, -0.1) is 0 Å². The Morgan fingerprint density at radius 1 is 1.53 bits per heavy atom. The van der Waals surface area contributed by atoms with Crippen molar-refractivity contribution in [3.05, 3.63) is 11.4 Å². The van der Waals surface area contributed by atoms with Gasteiger partial charge < -0.3 is 15.4 Å². The summed E-state index contributed by atoms with van der Waals surface area (Å²) < 4.78 is 4.88. The number of anilines is 1. The molecule has 7 nitrogen and oxygen atoms in total. The Bertz CT molecular complexity index is 493. The first-order chi connectivity index (χ1) is 9.04. The van der Waals surface area contributed by atoms with Gasteiger partial charge in [0, 0.05) is 6.04 Å². The van der Waals surface area contributed by atoms with Crippen molar-refractivity contribution in [2.24, 2.45) is 0 Å². The highest BCUT2D eigenvalue weighted by atomic mass is 16.5. The number of carbonyl (C=O) groups excluding carboxylic acids is 2. The lowest BCUT2D eigenvalue weighted by atomic mass is 10.2. The standard InChI is InChI=1S/C12H18N4O3/c1-3-19-9(17)6-16(8-4-5-8)12(18)11-10(13)7(2)14-15-11/h8H,3-6,13H2,1-2H3,(H,14,15). The van der Waals surface area contributed by atoms with Crippen molar-refractivity contribution in [2.75, 3.05) is 18.9 Å². The van der Waals surface area contributed by atoms with Gasteiger partial charge in [0.2, 0.25) is 0 Å². The van der Waals surface area contributed by atoms with Gasteiger partial charge in [0.1, 0.15) is 6.54 Å². The first kappa shape index (κ1) is 13.4. The van der Waals surface area contributed by atoms with Crippen LogP contribution in [0.15, 0.2) is 0 Å². The molecule has 1 aliphatic carbocycles. The van der Waals surface area contributed by atoms with E-state index in [0.717, 1.165) is 12.8 Å². The molecular formula is C12H18N4O3. The molecule has 1 aromatic rings. The van der Waals surface area contributed by atoms with Crippen molar-refractivity contribution in [2.45, 2.75) is 32.7 Å². The Hall–Kier alpha value is -2.05. The molecule has 3 N–H and O–H groups in total. The normalized spacial score (nSPS) is 14.2. The Morgan fingerprint density at radius 3 is 2.68 bits per heavy atom. The largest absolute Gasteiger partial charge is 0.465 e. The molecule has 1 fully saturated rings. The minimum Gasteiger partial charge on any atom is -0.465 e. The van der Waals surface area contributed by atoms with E-state index >= 15 is 0 Å². The van der Waals surface area contributed by atoms with E-state index in [4.69, 9.17) is 10.5 Å². The quantitative estimate of drug-likeness (QED) is 0.754. The SMILES string of the molecule is CCOC(=O)CN(C(=O)c1n[nH]c(C)c1N)C1CC1. The maximum atomic E-state index is 12.4. The highest BCUT2D eigenvalue weighted by Gasteiger charge is 2.36. The zero-order chi connectivity index (χ0) is 14.0. The van der Waals surface area contributed by atoms with Gasteiger partial charge in [0.25, 0.3) is 5.91 Å². The van der Waals surface area contributed by atoms with Gasteiger partial charge in [-0.1, -0.05) is 0 Å². The second-order valence-electron chi connectivity index (χ2n) is 4.58. The maximum absolute atomic E-state index is 12.4. The average Bonchev–Trinajstić information content (AvgIpc) is 3.15. The number of carbonyl (C=O) groups is 2. The number of H-pyrrole nitrogens is 1. The van der Waals surface area contributed by atoms with Gasteiger partial charge in [-0.2, -0.15) is 5.10 Å². The lowest BCUT2D eigenvalue weighted by molar-refractivity contribution is -0.144. The monoisotopic (exact) mass is 266 g/mol. The molecule has 0 atom stereocenters. The molecule has 0 aliphatic heterocycles. The van der Waals surface area contributed by atoms with Crippen LogP contribution in [0.1, 0.15) is 35.9 Å². The smallest absolute Gasteiger partial charge is 0.325 e. The number of nitrogen functional groups attached to an aromatic ring is 1. The lowest BCUT2D eigenvalue weighted by Crippen LogP contribution is -2.38. The van der Waals surface area contributed by atoms with Crippen molar-refractivity contribution in [3.8, 4) is 0 Å².